The largest absolute Gasteiger partial charge is 0.375 e. The van der Waals surface area contributed by atoms with Gasteiger partial charge in [-0.1, -0.05) is 42.5 Å². The smallest absolute Gasteiger partial charge is 0.363 e. The first-order valence-corrected chi connectivity index (χ1v) is 18.4. The molecule has 13 heteroatoms. The number of hydroxylamine groups is 2. The molecule has 3 heterocycles. The van der Waals surface area contributed by atoms with E-state index >= 15 is 0 Å². The summed E-state index contributed by atoms with van der Waals surface area (Å²) in [5, 5.41) is 15.4. The molecule has 3 aliphatic heterocycles. The molecule has 2 N–H and O–H groups in total. The summed E-state index contributed by atoms with van der Waals surface area (Å²) in [7, 11) is 1.94. The quantitative estimate of drug-likeness (QED) is 0.223. The molecular formula is C41H43N5O8. The van der Waals surface area contributed by atoms with E-state index in [1.54, 1.807) is 41.3 Å². The van der Waals surface area contributed by atoms with E-state index < -0.39 is 23.4 Å². The molecule has 3 aromatic rings. The lowest BCUT2D eigenvalue weighted by Crippen LogP contribution is -2.52. The van der Waals surface area contributed by atoms with Gasteiger partial charge in [0.05, 0.1) is 17.2 Å². The molecule has 0 radical (unpaired) electrons. The van der Waals surface area contributed by atoms with Gasteiger partial charge in [0.2, 0.25) is 5.91 Å². The first-order chi connectivity index (χ1) is 25.9. The van der Waals surface area contributed by atoms with Gasteiger partial charge in [-0.3, -0.25) is 28.9 Å². The Kier molecular flexibility index (Phi) is 9.94. The van der Waals surface area contributed by atoms with Crippen LogP contribution in [0, 0.1) is 5.92 Å². The maximum atomic E-state index is 13.9. The Morgan fingerprint density at radius 3 is 2.17 bits per heavy atom. The summed E-state index contributed by atoms with van der Waals surface area (Å²) in [5.41, 5.74) is 3.55. The first kappa shape index (κ1) is 36.7. The molecule has 0 saturated carbocycles. The Morgan fingerprint density at radius 1 is 0.907 bits per heavy atom. The first-order valence-electron chi connectivity index (χ1n) is 18.4. The lowest BCUT2D eigenvalue weighted by molar-refractivity contribution is -0.172. The Hall–Kier alpha value is -5.66. The highest BCUT2D eigenvalue weighted by atomic mass is 16.7. The molecule has 0 aromatic heterocycles. The zero-order valence-electron chi connectivity index (χ0n) is 30.5. The van der Waals surface area contributed by atoms with Crippen molar-refractivity contribution in [3.8, 4) is 11.1 Å². The van der Waals surface area contributed by atoms with Crippen molar-refractivity contribution in [1.29, 1.82) is 0 Å². The zero-order chi connectivity index (χ0) is 38.3. The van der Waals surface area contributed by atoms with Crippen LogP contribution in [0.1, 0.15) is 71.4 Å². The van der Waals surface area contributed by atoms with Crippen molar-refractivity contribution < 1.29 is 38.7 Å². The molecule has 280 valence electrons. The number of carbonyl (C=O) groups excluding carboxylic acids is 6. The fourth-order valence-corrected chi connectivity index (χ4v) is 8.03. The third kappa shape index (κ3) is 6.47. The predicted molar refractivity (Wildman–Crippen MR) is 198 cm³/mol. The van der Waals surface area contributed by atoms with E-state index in [0.717, 1.165) is 22.3 Å². The minimum absolute atomic E-state index is 0.0154. The van der Waals surface area contributed by atoms with Crippen LogP contribution >= 0.6 is 0 Å². The predicted octanol–water partition coefficient (Wildman–Crippen LogP) is 3.51. The number of carbonyl (C=O) groups is 6. The van der Waals surface area contributed by atoms with Crippen LogP contribution in [0.15, 0.2) is 72.8 Å². The van der Waals surface area contributed by atoms with E-state index in [4.69, 9.17) is 4.84 Å². The van der Waals surface area contributed by atoms with Gasteiger partial charge in [-0.15, -0.1) is 5.06 Å². The lowest BCUT2D eigenvalue weighted by atomic mass is 9.72. The number of hydrogen-bond donors (Lipinski definition) is 2. The topological polar surface area (TPSA) is 157 Å². The van der Waals surface area contributed by atoms with Gasteiger partial charge < -0.3 is 25.1 Å². The molecule has 0 spiro atoms. The normalized spacial score (nSPS) is 21.8. The van der Waals surface area contributed by atoms with Gasteiger partial charge in [-0.05, 0) is 79.9 Å². The number of rotatable bonds is 11. The number of nitrogens with zero attached hydrogens (tertiary/aromatic N) is 4. The molecule has 1 fully saturated rings. The minimum Gasteiger partial charge on any atom is -0.375 e. The van der Waals surface area contributed by atoms with E-state index in [-0.39, 0.29) is 54.5 Å². The number of benzene rings is 3. The molecule has 3 aromatic carbocycles. The number of hydrogen-bond acceptors (Lipinski definition) is 9. The van der Waals surface area contributed by atoms with Crippen LogP contribution in [0.3, 0.4) is 0 Å². The summed E-state index contributed by atoms with van der Waals surface area (Å²) < 4.78 is 0. The number of imide groups is 1. The van der Waals surface area contributed by atoms with Crippen LogP contribution in [-0.2, 0) is 29.6 Å². The van der Waals surface area contributed by atoms with Crippen LogP contribution in [0.4, 0.5) is 5.69 Å². The monoisotopic (exact) mass is 733 g/mol. The van der Waals surface area contributed by atoms with Crippen LogP contribution in [-0.4, -0.2) is 101 Å². The second-order valence-electron chi connectivity index (χ2n) is 14.1. The fraction of sp³-hybridized carbons (Fsp3) is 0.366. The van der Waals surface area contributed by atoms with E-state index in [1.165, 1.54) is 12.1 Å². The number of fused-ring (bicyclic) bond motifs is 2. The molecule has 3 atom stereocenters. The van der Waals surface area contributed by atoms with Gasteiger partial charge in [-0.2, -0.15) is 0 Å². The maximum absolute atomic E-state index is 13.9. The Labute approximate surface area is 313 Å². The fourth-order valence-electron chi connectivity index (χ4n) is 8.03. The maximum Gasteiger partial charge on any atom is 0.363 e. The molecular weight excluding hydrogens is 690 g/mol. The van der Waals surface area contributed by atoms with Gasteiger partial charge >= 0.3 is 5.97 Å². The molecule has 13 nitrogen and oxygen atoms in total. The summed E-state index contributed by atoms with van der Waals surface area (Å²) in [6.07, 6.45) is 2.73. The van der Waals surface area contributed by atoms with Crippen molar-refractivity contribution in [1.82, 2.24) is 20.2 Å². The van der Waals surface area contributed by atoms with Gasteiger partial charge in [-0.25, -0.2) is 4.79 Å². The highest BCUT2D eigenvalue weighted by molar-refractivity contribution is 6.10. The summed E-state index contributed by atoms with van der Waals surface area (Å²) in [4.78, 5) is 86.7. The number of aliphatic hydroxyl groups is 1. The molecule has 0 bridgehead atoms. The van der Waals surface area contributed by atoms with Crippen LogP contribution < -0.4 is 10.2 Å². The highest BCUT2D eigenvalue weighted by Gasteiger charge is 2.56. The van der Waals surface area contributed by atoms with Crippen LogP contribution in [0.25, 0.3) is 16.7 Å². The van der Waals surface area contributed by atoms with Crippen molar-refractivity contribution >= 4 is 46.8 Å². The Balaban J connectivity index is 0.966. The van der Waals surface area contributed by atoms with Crippen LogP contribution in [0.5, 0.6) is 0 Å². The zero-order valence-corrected chi connectivity index (χ0v) is 30.5. The average molecular weight is 734 g/mol. The summed E-state index contributed by atoms with van der Waals surface area (Å²) in [6, 6.07) is 18.9. The van der Waals surface area contributed by atoms with E-state index in [0.29, 0.717) is 61.0 Å². The Bertz CT molecular complexity index is 2040. The van der Waals surface area contributed by atoms with Crippen molar-refractivity contribution in [3.63, 3.8) is 0 Å². The average Bonchev–Trinajstić information content (AvgIpc) is 3.61. The number of nitrogens with one attached hydrogen (secondary N) is 1. The van der Waals surface area contributed by atoms with Crippen molar-refractivity contribution in [2.45, 2.75) is 51.2 Å². The summed E-state index contributed by atoms with van der Waals surface area (Å²) in [6.45, 7) is 6.32. The number of anilines is 1. The van der Waals surface area contributed by atoms with Crippen molar-refractivity contribution in [3.05, 3.63) is 95.1 Å². The van der Waals surface area contributed by atoms with Gasteiger partial charge in [0.1, 0.15) is 0 Å². The third-order valence-corrected chi connectivity index (χ3v) is 10.9. The second-order valence-corrected chi connectivity index (χ2v) is 14.1. The van der Waals surface area contributed by atoms with E-state index in [9.17, 15) is 33.9 Å². The molecule has 1 aliphatic carbocycles. The summed E-state index contributed by atoms with van der Waals surface area (Å²) in [5.74, 6) is -2.79. The van der Waals surface area contributed by atoms with Crippen LogP contribution in [0.2, 0.25) is 0 Å². The van der Waals surface area contributed by atoms with Gasteiger partial charge in [0, 0.05) is 69.2 Å². The van der Waals surface area contributed by atoms with Gasteiger partial charge in [0.25, 0.3) is 23.6 Å². The highest BCUT2D eigenvalue weighted by Crippen LogP contribution is 2.53. The molecule has 54 heavy (non-hydrogen) atoms. The van der Waals surface area contributed by atoms with Gasteiger partial charge in [0.15, 0.2) is 5.60 Å². The van der Waals surface area contributed by atoms with E-state index in [2.05, 4.69) is 10.2 Å². The second kappa shape index (κ2) is 14.6. The molecule has 4 aliphatic rings. The third-order valence-electron chi connectivity index (χ3n) is 10.9. The summed E-state index contributed by atoms with van der Waals surface area (Å²) >= 11 is 0. The molecule has 1 unspecified atom stereocenters. The molecule has 7 rings (SSSR count). The molecule has 5 amide bonds. The van der Waals surface area contributed by atoms with E-state index in [1.807, 2.05) is 50.1 Å². The minimum atomic E-state index is -1.68. The number of amides is 5. The standard InChI is InChI=1S/C41H43N5O8/c1-4-44(5-2)38(50)29-22-31-30-8-6-9-32-36(30)41(53,23-33(31)43(3)24-29)40(52)45(32)21-7-20-42-37(49)27-14-10-25(11-15-27)26-12-16-28(17-13-26)39(51)54-46-34(47)18-19-35(46)48/h6,8-17,22,29,33,53H,4-5,7,18-21,23-24H2,1-3H3,(H,42,49)/t29-,33-,41?/m1/s1. The SMILES string of the molecule is CCN(CC)C(=O)[C@@H]1C=C2c3cccc4c3C(O)(C[C@H]2N(C)C1)C(=O)N4CCCNC(=O)c1ccc(-c2ccc(C(=O)ON3C(=O)CCC3=O)cc2)cc1. The Morgan fingerprint density at radius 2 is 1.54 bits per heavy atom. The van der Waals surface area contributed by atoms with Crippen molar-refractivity contribution in [2.24, 2.45) is 5.92 Å². The molecule has 1 saturated heterocycles. The van der Waals surface area contributed by atoms with Crippen molar-refractivity contribution in [2.75, 3.05) is 44.7 Å². The number of likely N-dealkylation sites (N-methyl/N-ethyl adjacent to an activating group) is 1. The lowest BCUT2D eigenvalue weighted by Gasteiger charge is -2.44.